The van der Waals surface area contributed by atoms with Crippen molar-refractivity contribution in [3.63, 3.8) is 0 Å². The summed E-state index contributed by atoms with van der Waals surface area (Å²) in [5.41, 5.74) is 5.50. The third-order valence-corrected chi connectivity index (χ3v) is 2.54. The number of ether oxygens (including phenoxy) is 1. The molecule has 0 heterocycles. The summed E-state index contributed by atoms with van der Waals surface area (Å²) in [4.78, 5) is 0. The molecule has 4 N–H and O–H groups in total. The van der Waals surface area contributed by atoms with Gasteiger partial charge in [0.2, 0.25) is 0 Å². The van der Waals surface area contributed by atoms with Crippen LogP contribution in [0.1, 0.15) is 11.7 Å². The molecule has 0 aliphatic rings. The van der Waals surface area contributed by atoms with Crippen LogP contribution in [0.2, 0.25) is 0 Å². The normalized spacial score (nSPS) is 15.2. The monoisotopic (exact) mass is 283 g/mol. The minimum Gasteiger partial charge on any atom is -0.406 e. The standard InChI is InChI=1S/C10H12F3NO3S/c11-10(12,13)17-5-1-2-6(7(14)3-5)9(16)8(15)4-18/h1-3,8-9,15-16,18H,4,14H2. The van der Waals surface area contributed by atoms with Gasteiger partial charge < -0.3 is 20.7 Å². The Labute approximate surface area is 107 Å². The Kier molecular flexibility index (Phi) is 4.71. The number of benzene rings is 1. The van der Waals surface area contributed by atoms with Crippen LogP contribution in [0.25, 0.3) is 0 Å². The van der Waals surface area contributed by atoms with Gasteiger partial charge in [-0.2, -0.15) is 12.6 Å². The molecule has 0 aromatic heterocycles. The second-order valence-corrected chi connectivity index (χ2v) is 3.90. The van der Waals surface area contributed by atoms with Gasteiger partial charge in [0.25, 0.3) is 0 Å². The van der Waals surface area contributed by atoms with Crippen LogP contribution in [0.15, 0.2) is 18.2 Å². The third-order valence-electron chi connectivity index (χ3n) is 2.16. The number of thiol groups is 1. The molecule has 1 aromatic carbocycles. The van der Waals surface area contributed by atoms with Crippen molar-refractivity contribution in [2.75, 3.05) is 11.5 Å². The maximum Gasteiger partial charge on any atom is 0.573 e. The molecule has 18 heavy (non-hydrogen) atoms. The summed E-state index contributed by atoms with van der Waals surface area (Å²) in [7, 11) is 0. The van der Waals surface area contributed by atoms with Crippen LogP contribution in [0.3, 0.4) is 0 Å². The number of nitrogens with two attached hydrogens (primary N) is 1. The molecule has 0 saturated carbocycles. The van der Waals surface area contributed by atoms with Crippen molar-refractivity contribution in [3.05, 3.63) is 23.8 Å². The maximum absolute atomic E-state index is 12.0. The van der Waals surface area contributed by atoms with Crippen molar-refractivity contribution < 1.29 is 28.1 Å². The van der Waals surface area contributed by atoms with Gasteiger partial charge in [-0.3, -0.25) is 0 Å². The molecule has 0 radical (unpaired) electrons. The summed E-state index contributed by atoms with van der Waals surface area (Å²) < 4.78 is 39.5. The van der Waals surface area contributed by atoms with Crippen LogP contribution in [-0.2, 0) is 0 Å². The van der Waals surface area contributed by atoms with E-state index in [1.165, 1.54) is 0 Å². The van der Waals surface area contributed by atoms with Gasteiger partial charge in [-0.15, -0.1) is 13.2 Å². The Morgan fingerprint density at radius 2 is 1.94 bits per heavy atom. The fourth-order valence-electron chi connectivity index (χ4n) is 1.33. The van der Waals surface area contributed by atoms with Gasteiger partial charge in [0.05, 0.1) is 6.10 Å². The average molecular weight is 283 g/mol. The number of rotatable bonds is 4. The lowest BCUT2D eigenvalue weighted by Gasteiger charge is -2.18. The number of anilines is 1. The Bertz CT molecular complexity index is 414. The molecule has 1 aromatic rings. The first-order chi connectivity index (χ1) is 8.24. The fraction of sp³-hybridized carbons (Fsp3) is 0.400. The number of aliphatic hydroxyl groups excluding tert-OH is 2. The van der Waals surface area contributed by atoms with Crippen molar-refractivity contribution in [1.82, 2.24) is 0 Å². The molecule has 2 unspecified atom stereocenters. The molecular formula is C10H12F3NO3S. The van der Waals surface area contributed by atoms with E-state index in [9.17, 15) is 23.4 Å². The lowest BCUT2D eigenvalue weighted by molar-refractivity contribution is -0.274. The second-order valence-electron chi connectivity index (χ2n) is 3.53. The third kappa shape index (κ3) is 3.97. The van der Waals surface area contributed by atoms with Gasteiger partial charge in [-0.1, -0.05) is 6.07 Å². The fourth-order valence-corrected chi connectivity index (χ4v) is 1.53. The minimum absolute atomic E-state index is 0.0125. The molecule has 0 fully saturated rings. The van der Waals surface area contributed by atoms with E-state index < -0.39 is 24.3 Å². The van der Waals surface area contributed by atoms with E-state index in [0.717, 1.165) is 18.2 Å². The molecule has 102 valence electrons. The van der Waals surface area contributed by atoms with E-state index in [1.807, 2.05) is 0 Å². The van der Waals surface area contributed by atoms with Crippen LogP contribution < -0.4 is 10.5 Å². The van der Waals surface area contributed by atoms with Crippen LogP contribution >= 0.6 is 12.6 Å². The predicted octanol–water partition coefficient (Wildman–Crippen LogP) is 1.49. The van der Waals surface area contributed by atoms with Crippen molar-refractivity contribution in [3.8, 4) is 5.75 Å². The number of aliphatic hydroxyl groups is 2. The van der Waals surface area contributed by atoms with Gasteiger partial charge in [-0.25, -0.2) is 0 Å². The number of hydrogen-bond donors (Lipinski definition) is 4. The Hall–Kier alpha value is -1.12. The van der Waals surface area contributed by atoms with Crippen LogP contribution in [0.4, 0.5) is 18.9 Å². The van der Waals surface area contributed by atoms with E-state index >= 15 is 0 Å². The van der Waals surface area contributed by atoms with E-state index in [1.54, 1.807) is 0 Å². The highest BCUT2D eigenvalue weighted by atomic mass is 32.1. The summed E-state index contributed by atoms with van der Waals surface area (Å²) in [6.07, 6.45) is -7.29. The SMILES string of the molecule is Nc1cc(OC(F)(F)F)ccc1C(O)C(O)CS. The summed E-state index contributed by atoms with van der Waals surface area (Å²) in [6.45, 7) is 0. The van der Waals surface area contributed by atoms with Crippen molar-refractivity contribution in [2.24, 2.45) is 0 Å². The molecule has 1 rings (SSSR count). The molecule has 2 atom stereocenters. The number of halogens is 3. The molecule has 0 bridgehead atoms. The van der Waals surface area contributed by atoms with E-state index in [2.05, 4.69) is 17.4 Å². The Morgan fingerprint density at radius 1 is 1.33 bits per heavy atom. The number of hydrogen-bond acceptors (Lipinski definition) is 5. The molecule has 4 nitrogen and oxygen atoms in total. The van der Waals surface area contributed by atoms with Crippen molar-refractivity contribution >= 4 is 18.3 Å². The van der Waals surface area contributed by atoms with Gasteiger partial charge in [-0.05, 0) is 6.07 Å². The van der Waals surface area contributed by atoms with Gasteiger partial charge >= 0.3 is 6.36 Å². The van der Waals surface area contributed by atoms with E-state index in [-0.39, 0.29) is 17.0 Å². The smallest absolute Gasteiger partial charge is 0.406 e. The first-order valence-corrected chi connectivity index (χ1v) is 5.50. The minimum atomic E-state index is -4.81. The van der Waals surface area contributed by atoms with Crippen LogP contribution in [0, 0.1) is 0 Å². The lowest BCUT2D eigenvalue weighted by atomic mass is 10.0. The second kappa shape index (κ2) is 5.68. The highest BCUT2D eigenvalue weighted by molar-refractivity contribution is 7.80. The molecule has 0 aliphatic heterocycles. The number of nitrogen functional groups attached to an aromatic ring is 1. The van der Waals surface area contributed by atoms with Crippen molar-refractivity contribution in [2.45, 2.75) is 18.6 Å². The van der Waals surface area contributed by atoms with Gasteiger partial charge in [0, 0.05) is 23.1 Å². The average Bonchev–Trinajstić information content (AvgIpc) is 2.25. The molecule has 0 spiro atoms. The lowest BCUT2D eigenvalue weighted by Crippen LogP contribution is -2.21. The predicted molar refractivity (Wildman–Crippen MR) is 62.4 cm³/mol. The molecule has 8 heteroatoms. The van der Waals surface area contributed by atoms with Crippen molar-refractivity contribution in [1.29, 1.82) is 0 Å². The van der Waals surface area contributed by atoms with Gasteiger partial charge in [0.1, 0.15) is 11.9 Å². The molecular weight excluding hydrogens is 271 g/mol. The van der Waals surface area contributed by atoms with Crippen LogP contribution in [0.5, 0.6) is 5.75 Å². The Morgan fingerprint density at radius 3 is 2.39 bits per heavy atom. The van der Waals surface area contributed by atoms with Gasteiger partial charge in [0.15, 0.2) is 0 Å². The quantitative estimate of drug-likeness (QED) is 0.499. The topological polar surface area (TPSA) is 75.7 Å². The summed E-state index contributed by atoms with van der Waals surface area (Å²) >= 11 is 3.79. The highest BCUT2D eigenvalue weighted by Crippen LogP contribution is 2.30. The summed E-state index contributed by atoms with van der Waals surface area (Å²) in [5, 5.41) is 19.0. The number of alkyl halides is 3. The highest BCUT2D eigenvalue weighted by Gasteiger charge is 2.31. The zero-order chi connectivity index (χ0) is 13.9. The van der Waals surface area contributed by atoms with E-state index in [4.69, 9.17) is 5.73 Å². The largest absolute Gasteiger partial charge is 0.573 e. The van der Waals surface area contributed by atoms with E-state index in [0.29, 0.717) is 0 Å². The Balaban J connectivity index is 2.92. The first kappa shape index (κ1) is 14.9. The first-order valence-electron chi connectivity index (χ1n) is 4.86. The summed E-state index contributed by atoms with van der Waals surface area (Å²) in [5.74, 6) is -0.502. The zero-order valence-corrected chi connectivity index (χ0v) is 9.95. The molecule has 0 aliphatic carbocycles. The molecule has 0 amide bonds. The summed E-state index contributed by atoms with van der Waals surface area (Å²) in [6, 6.07) is 3.10. The molecule has 0 saturated heterocycles. The van der Waals surface area contributed by atoms with Crippen LogP contribution in [-0.4, -0.2) is 28.4 Å². The maximum atomic E-state index is 12.0. The zero-order valence-electron chi connectivity index (χ0n) is 9.05.